The Morgan fingerprint density at radius 1 is 1.39 bits per heavy atom. The lowest BCUT2D eigenvalue weighted by molar-refractivity contribution is -0.134. The number of ether oxygens (including phenoxy) is 2. The van der Waals surface area contributed by atoms with Gasteiger partial charge in [0.15, 0.2) is 11.6 Å². The molecule has 1 aliphatic carbocycles. The van der Waals surface area contributed by atoms with Crippen LogP contribution >= 0.6 is 0 Å². The van der Waals surface area contributed by atoms with E-state index >= 15 is 0 Å². The zero-order valence-electron chi connectivity index (χ0n) is 10.8. The first kappa shape index (κ1) is 12.6. The zero-order valence-corrected chi connectivity index (χ0v) is 10.8. The van der Waals surface area contributed by atoms with Crippen molar-refractivity contribution in [2.24, 2.45) is 0 Å². The molecule has 1 unspecified atom stereocenters. The summed E-state index contributed by atoms with van der Waals surface area (Å²) in [6.07, 6.45) is 0. The Bertz CT molecular complexity index is 546. The molecule has 0 saturated heterocycles. The highest BCUT2D eigenvalue weighted by molar-refractivity contribution is 5.82. The molecule has 0 heterocycles. The maximum absolute atomic E-state index is 13.7. The Morgan fingerprint density at radius 3 is 2.61 bits per heavy atom. The molecule has 0 N–H and O–H groups in total. The average molecular weight is 250 g/mol. The lowest BCUT2D eigenvalue weighted by Crippen LogP contribution is -1.99. The molecule has 96 valence electrons. The van der Waals surface area contributed by atoms with E-state index in [9.17, 15) is 9.18 Å². The van der Waals surface area contributed by atoms with Crippen molar-refractivity contribution < 1.29 is 18.7 Å². The third kappa shape index (κ3) is 1.88. The van der Waals surface area contributed by atoms with Crippen LogP contribution in [0, 0.1) is 5.82 Å². The predicted octanol–water partition coefficient (Wildman–Crippen LogP) is 3.25. The fourth-order valence-electron chi connectivity index (χ4n) is 2.20. The van der Waals surface area contributed by atoms with Gasteiger partial charge in [-0.3, -0.25) is 4.79 Å². The molecule has 4 heteroatoms. The number of hydrogen-bond donors (Lipinski definition) is 0. The van der Waals surface area contributed by atoms with E-state index in [1.54, 1.807) is 6.07 Å². The normalized spacial score (nSPS) is 17.7. The van der Waals surface area contributed by atoms with E-state index in [4.69, 9.17) is 9.47 Å². The Kier molecular flexibility index (Phi) is 3.11. The molecule has 18 heavy (non-hydrogen) atoms. The lowest BCUT2D eigenvalue weighted by atomic mass is 9.98. The molecule has 0 aliphatic heterocycles. The third-order valence-electron chi connectivity index (χ3n) is 3.29. The van der Waals surface area contributed by atoms with Crippen LogP contribution in [-0.4, -0.2) is 13.1 Å². The topological polar surface area (TPSA) is 35.5 Å². The maximum atomic E-state index is 13.7. The van der Waals surface area contributed by atoms with Crippen molar-refractivity contribution in [2.45, 2.75) is 26.7 Å². The van der Waals surface area contributed by atoms with E-state index in [-0.39, 0.29) is 17.6 Å². The number of methoxy groups -OCH3 is 1. The number of hydrogen-bond acceptors (Lipinski definition) is 3. The SMILES string of the molecule is COc1cc2c(cc1F)C(C)C(C)=C2OC(C)=O. The van der Waals surface area contributed by atoms with Gasteiger partial charge in [0.1, 0.15) is 5.76 Å². The van der Waals surface area contributed by atoms with Crippen LogP contribution in [0.5, 0.6) is 5.75 Å². The second-order valence-electron chi connectivity index (χ2n) is 4.40. The minimum atomic E-state index is -0.403. The number of esters is 1. The highest BCUT2D eigenvalue weighted by Crippen LogP contribution is 2.44. The monoisotopic (exact) mass is 250 g/mol. The van der Waals surface area contributed by atoms with E-state index in [2.05, 4.69) is 0 Å². The molecule has 0 radical (unpaired) electrons. The minimum Gasteiger partial charge on any atom is -0.494 e. The maximum Gasteiger partial charge on any atom is 0.308 e. The molecule has 0 spiro atoms. The van der Waals surface area contributed by atoms with Crippen molar-refractivity contribution in [1.29, 1.82) is 0 Å². The van der Waals surface area contributed by atoms with E-state index in [1.165, 1.54) is 20.1 Å². The first-order valence-electron chi connectivity index (χ1n) is 5.72. The van der Waals surface area contributed by atoms with Gasteiger partial charge in [0.2, 0.25) is 0 Å². The van der Waals surface area contributed by atoms with Crippen molar-refractivity contribution in [3.8, 4) is 5.75 Å². The summed E-state index contributed by atoms with van der Waals surface area (Å²) in [4.78, 5) is 11.1. The van der Waals surface area contributed by atoms with Crippen LogP contribution in [0.15, 0.2) is 17.7 Å². The highest BCUT2D eigenvalue weighted by atomic mass is 19.1. The molecule has 0 aromatic heterocycles. The first-order valence-corrected chi connectivity index (χ1v) is 5.72. The summed E-state index contributed by atoms with van der Waals surface area (Å²) in [5.41, 5.74) is 2.48. The van der Waals surface area contributed by atoms with Gasteiger partial charge in [-0.2, -0.15) is 0 Å². The number of fused-ring (bicyclic) bond motifs is 1. The molecule has 1 aromatic rings. The summed E-state index contributed by atoms with van der Waals surface area (Å²) in [7, 11) is 1.41. The van der Waals surface area contributed by atoms with Gasteiger partial charge in [0, 0.05) is 18.4 Å². The average Bonchev–Trinajstić information content (AvgIpc) is 2.53. The van der Waals surface area contributed by atoms with Gasteiger partial charge in [0.05, 0.1) is 7.11 Å². The van der Waals surface area contributed by atoms with Crippen LogP contribution in [0.25, 0.3) is 5.76 Å². The molecule has 0 bridgehead atoms. The number of halogens is 1. The van der Waals surface area contributed by atoms with Crippen molar-refractivity contribution in [3.63, 3.8) is 0 Å². The molecule has 1 aliphatic rings. The first-order chi connectivity index (χ1) is 8.45. The smallest absolute Gasteiger partial charge is 0.308 e. The quantitative estimate of drug-likeness (QED) is 0.756. The van der Waals surface area contributed by atoms with Crippen molar-refractivity contribution in [2.75, 3.05) is 7.11 Å². The van der Waals surface area contributed by atoms with Gasteiger partial charge in [-0.05, 0) is 30.2 Å². The van der Waals surface area contributed by atoms with Crippen LogP contribution in [0.4, 0.5) is 4.39 Å². The molecular formula is C14H15FO3. The lowest BCUT2D eigenvalue weighted by Gasteiger charge is -2.09. The molecule has 0 saturated carbocycles. The summed E-state index contributed by atoms with van der Waals surface area (Å²) >= 11 is 0. The second-order valence-corrected chi connectivity index (χ2v) is 4.40. The van der Waals surface area contributed by atoms with Crippen LogP contribution in [0.1, 0.15) is 37.8 Å². The number of allylic oxidation sites excluding steroid dienone is 1. The Balaban J connectivity index is 2.57. The summed E-state index contributed by atoms with van der Waals surface area (Å²) in [5.74, 6) is -0.0778. The predicted molar refractivity (Wildman–Crippen MR) is 65.7 cm³/mol. The van der Waals surface area contributed by atoms with Crippen molar-refractivity contribution in [1.82, 2.24) is 0 Å². The highest BCUT2D eigenvalue weighted by Gasteiger charge is 2.29. The number of rotatable bonds is 2. The van der Waals surface area contributed by atoms with E-state index in [0.717, 1.165) is 16.7 Å². The zero-order chi connectivity index (χ0) is 13.4. The molecule has 1 aromatic carbocycles. The number of carbonyl (C=O) groups excluding carboxylic acids is 1. The summed E-state index contributed by atoms with van der Waals surface area (Å²) in [5, 5.41) is 0. The van der Waals surface area contributed by atoms with Crippen LogP contribution in [0.3, 0.4) is 0 Å². The Labute approximate surface area is 105 Å². The summed E-state index contributed by atoms with van der Waals surface area (Å²) in [6.45, 7) is 5.19. The van der Waals surface area contributed by atoms with E-state index in [0.29, 0.717) is 5.76 Å². The fraction of sp³-hybridized carbons (Fsp3) is 0.357. The van der Waals surface area contributed by atoms with Crippen LogP contribution in [0.2, 0.25) is 0 Å². The van der Waals surface area contributed by atoms with Crippen LogP contribution < -0.4 is 4.74 Å². The second kappa shape index (κ2) is 4.44. The fourth-order valence-corrected chi connectivity index (χ4v) is 2.20. The van der Waals surface area contributed by atoms with Crippen molar-refractivity contribution in [3.05, 3.63) is 34.6 Å². The molecule has 0 fully saturated rings. The standard InChI is InChI=1S/C14H15FO3/c1-7-8(2)14(18-9(3)16)11-6-13(17-4)12(15)5-10(7)11/h5-7H,1-4H3. The summed E-state index contributed by atoms with van der Waals surface area (Å²) in [6, 6.07) is 3.02. The molecular weight excluding hydrogens is 235 g/mol. The molecule has 2 rings (SSSR count). The molecule has 0 amide bonds. The van der Waals surface area contributed by atoms with Gasteiger partial charge in [0.25, 0.3) is 0 Å². The van der Waals surface area contributed by atoms with E-state index in [1.807, 2.05) is 13.8 Å². The van der Waals surface area contributed by atoms with Gasteiger partial charge < -0.3 is 9.47 Å². The minimum absolute atomic E-state index is 0.0368. The van der Waals surface area contributed by atoms with Gasteiger partial charge >= 0.3 is 5.97 Å². The van der Waals surface area contributed by atoms with Crippen LogP contribution in [-0.2, 0) is 9.53 Å². The van der Waals surface area contributed by atoms with Gasteiger partial charge in [-0.15, -0.1) is 0 Å². The Hall–Kier alpha value is -1.84. The van der Waals surface area contributed by atoms with E-state index < -0.39 is 5.82 Å². The number of carbonyl (C=O) groups is 1. The Morgan fingerprint density at radius 2 is 2.06 bits per heavy atom. The molecule has 1 atom stereocenters. The largest absolute Gasteiger partial charge is 0.494 e. The summed E-state index contributed by atoms with van der Waals surface area (Å²) < 4.78 is 23.9. The molecule has 3 nitrogen and oxygen atoms in total. The number of benzene rings is 1. The van der Waals surface area contributed by atoms with Gasteiger partial charge in [-0.25, -0.2) is 4.39 Å². The van der Waals surface area contributed by atoms with Gasteiger partial charge in [-0.1, -0.05) is 6.92 Å². The van der Waals surface area contributed by atoms with Crippen molar-refractivity contribution >= 4 is 11.7 Å². The third-order valence-corrected chi connectivity index (χ3v) is 3.29.